The van der Waals surface area contributed by atoms with E-state index >= 15 is 0 Å². The summed E-state index contributed by atoms with van der Waals surface area (Å²) in [5, 5.41) is 15.3. The summed E-state index contributed by atoms with van der Waals surface area (Å²) in [5.41, 5.74) is 3.12. The standard InChI is InChI=1S/C13H21N7/c1-8-7-20(6-5-14-8)13-15-12(16-17-13)11-9(2)18-19(4)10(11)3/h8,14H,5-7H2,1-4H3,(H,15,16,17). The average Bonchev–Trinajstić information content (AvgIpc) is 2.96. The fraction of sp³-hybridized carbons (Fsp3) is 0.615. The molecule has 7 nitrogen and oxygen atoms in total. The molecule has 108 valence electrons. The van der Waals surface area contributed by atoms with E-state index in [1.807, 2.05) is 25.6 Å². The molecule has 2 aromatic rings. The van der Waals surface area contributed by atoms with E-state index in [0.717, 1.165) is 48.4 Å². The maximum absolute atomic E-state index is 4.65. The zero-order valence-electron chi connectivity index (χ0n) is 12.4. The Bertz CT molecular complexity index is 612. The van der Waals surface area contributed by atoms with E-state index in [2.05, 4.69) is 37.4 Å². The van der Waals surface area contributed by atoms with Crippen molar-refractivity contribution in [2.24, 2.45) is 7.05 Å². The highest BCUT2D eigenvalue weighted by Crippen LogP contribution is 2.24. The van der Waals surface area contributed by atoms with Gasteiger partial charge in [0.05, 0.1) is 11.3 Å². The minimum absolute atomic E-state index is 0.465. The third-order valence-corrected chi connectivity index (χ3v) is 3.87. The lowest BCUT2D eigenvalue weighted by Gasteiger charge is -2.30. The maximum atomic E-state index is 4.65. The van der Waals surface area contributed by atoms with Crippen LogP contribution in [0, 0.1) is 13.8 Å². The summed E-state index contributed by atoms with van der Waals surface area (Å²) in [4.78, 5) is 6.86. The van der Waals surface area contributed by atoms with Crippen LogP contribution in [0.4, 0.5) is 5.95 Å². The lowest BCUT2D eigenvalue weighted by atomic mass is 10.2. The summed E-state index contributed by atoms with van der Waals surface area (Å²) in [6.45, 7) is 9.06. The number of H-pyrrole nitrogens is 1. The van der Waals surface area contributed by atoms with Crippen LogP contribution in [0.3, 0.4) is 0 Å². The van der Waals surface area contributed by atoms with Gasteiger partial charge in [0.1, 0.15) is 0 Å². The fourth-order valence-corrected chi connectivity index (χ4v) is 2.74. The Kier molecular flexibility index (Phi) is 3.21. The maximum Gasteiger partial charge on any atom is 0.245 e. The SMILES string of the molecule is Cc1nn(C)c(C)c1-c1nc(N2CCNC(C)C2)n[nH]1. The van der Waals surface area contributed by atoms with Crippen LogP contribution in [0.5, 0.6) is 0 Å². The predicted octanol–water partition coefficient (Wildman–Crippen LogP) is 0.620. The molecule has 0 amide bonds. The van der Waals surface area contributed by atoms with Crippen molar-refractivity contribution < 1.29 is 0 Å². The van der Waals surface area contributed by atoms with Crippen LogP contribution in [0.1, 0.15) is 18.3 Å². The van der Waals surface area contributed by atoms with E-state index in [1.54, 1.807) is 0 Å². The first-order chi connectivity index (χ1) is 9.56. The van der Waals surface area contributed by atoms with Crippen molar-refractivity contribution in [1.29, 1.82) is 0 Å². The summed E-state index contributed by atoms with van der Waals surface area (Å²) in [7, 11) is 1.95. The molecule has 0 saturated carbocycles. The van der Waals surface area contributed by atoms with Crippen molar-refractivity contribution >= 4 is 5.95 Å². The molecule has 0 spiro atoms. The highest BCUT2D eigenvalue weighted by atomic mass is 15.4. The van der Waals surface area contributed by atoms with Gasteiger partial charge in [-0.25, -0.2) is 0 Å². The van der Waals surface area contributed by atoms with Gasteiger partial charge in [-0.05, 0) is 20.8 Å². The van der Waals surface area contributed by atoms with Gasteiger partial charge >= 0.3 is 0 Å². The van der Waals surface area contributed by atoms with Gasteiger partial charge in [-0.15, -0.1) is 5.10 Å². The van der Waals surface area contributed by atoms with E-state index < -0.39 is 0 Å². The molecule has 0 radical (unpaired) electrons. The molecule has 1 atom stereocenters. The van der Waals surface area contributed by atoms with Gasteiger partial charge in [0.25, 0.3) is 0 Å². The van der Waals surface area contributed by atoms with Gasteiger partial charge < -0.3 is 10.2 Å². The molecule has 20 heavy (non-hydrogen) atoms. The molecule has 0 bridgehead atoms. The Morgan fingerprint density at radius 2 is 2.10 bits per heavy atom. The highest BCUT2D eigenvalue weighted by molar-refractivity contribution is 5.62. The van der Waals surface area contributed by atoms with Gasteiger partial charge in [-0.1, -0.05) is 0 Å². The molecule has 2 N–H and O–H groups in total. The van der Waals surface area contributed by atoms with Gasteiger partial charge in [-0.2, -0.15) is 10.1 Å². The Hall–Kier alpha value is -1.89. The molecule has 0 aromatic carbocycles. The highest BCUT2D eigenvalue weighted by Gasteiger charge is 2.21. The summed E-state index contributed by atoms with van der Waals surface area (Å²) < 4.78 is 1.87. The number of anilines is 1. The first kappa shape index (κ1) is 13.1. The molecule has 1 aliphatic rings. The van der Waals surface area contributed by atoms with E-state index in [9.17, 15) is 0 Å². The van der Waals surface area contributed by atoms with Crippen LogP contribution < -0.4 is 10.2 Å². The quantitative estimate of drug-likeness (QED) is 0.840. The van der Waals surface area contributed by atoms with Gasteiger partial charge in [0.15, 0.2) is 5.82 Å². The summed E-state index contributed by atoms with van der Waals surface area (Å²) in [5.74, 6) is 1.57. The predicted molar refractivity (Wildman–Crippen MR) is 77.7 cm³/mol. The van der Waals surface area contributed by atoms with E-state index in [1.165, 1.54) is 0 Å². The Balaban J connectivity index is 1.90. The number of piperazine rings is 1. The molecule has 0 aliphatic carbocycles. The zero-order valence-corrected chi connectivity index (χ0v) is 12.4. The molecule has 1 fully saturated rings. The first-order valence-corrected chi connectivity index (χ1v) is 6.97. The van der Waals surface area contributed by atoms with Crippen LogP contribution in [0.15, 0.2) is 0 Å². The molecule has 3 rings (SSSR count). The largest absolute Gasteiger partial charge is 0.337 e. The second kappa shape index (κ2) is 4.90. The molecule has 1 aliphatic heterocycles. The Morgan fingerprint density at radius 3 is 2.75 bits per heavy atom. The zero-order chi connectivity index (χ0) is 14.3. The van der Waals surface area contributed by atoms with Gasteiger partial charge in [0.2, 0.25) is 5.95 Å². The van der Waals surface area contributed by atoms with Crippen LogP contribution in [0.25, 0.3) is 11.4 Å². The molecule has 7 heteroatoms. The van der Waals surface area contributed by atoms with Crippen molar-refractivity contribution in [2.75, 3.05) is 24.5 Å². The number of hydrogen-bond acceptors (Lipinski definition) is 5. The molecule has 1 saturated heterocycles. The van der Waals surface area contributed by atoms with Crippen LogP contribution in [-0.2, 0) is 7.05 Å². The van der Waals surface area contributed by atoms with Crippen LogP contribution in [-0.4, -0.2) is 50.6 Å². The molecule has 3 heterocycles. The normalized spacial score (nSPS) is 19.6. The molecular formula is C13H21N7. The smallest absolute Gasteiger partial charge is 0.245 e. The minimum Gasteiger partial charge on any atom is -0.337 e. The third-order valence-electron chi connectivity index (χ3n) is 3.87. The molecule has 2 aromatic heterocycles. The van der Waals surface area contributed by atoms with E-state index in [4.69, 9.17) is 0 Å². The van der Waals surface area contributed by atoms with E-state index in [0.29, 0.717) is 6.04 Å². The number of rotatable bonds is 2. The topological polar surface area (TPSA) is 74.7 Å². The summed E-state index contributed by atoms with van der Waals surface area (Å²) in [6, 6.07) is 0.465. The van der Waals surface area contributed by atoms with Gasteiger partial charge in [0, 0.05) is 38.4 Å². The number of aryl methyl sites for hydroxylation is 2. The van der Waals surface area contributed by atoms with Crippen molar-refractivity contribution in [3.8, 4) is 11.4 Å². The fourth-order valence-electron chi connectivity index (χ4n) is 2.74. The Morgan fingerprint density at radius 1 is 1.30 bits per heavy atom. The number of nitrogens with zero attached hydrogens (tertiary/aromatic N) is 5. The number of hydrogen-bond donors (Lipinski definition) is 2. The van der Waals surface area contributed by atoms with E-state index in [-0.39, 0.29) is 0 Å². The number of nitrogens with one attached hydrogen (secondary N) is 2. The average molecular weight is 275 g/mol. The monoisotopic (exact) mass is 275 g/mol. The van der Waals surface area contributed by atoms with Gasteiger partial charge in [-0.3, -0.25) is 9.78 Å². The minimum atomic E-state index is 0.465. The van der Waals surface area contributed by atoms with Crippen molar-refractivity contribution in [3.05, 3.63) is 11.4 Å². The van der Waals surface area contributed by atoms with Crippen LogP contribution >= 0.6 is 0 Å². The molecular weight excluding hydrogens is 254 g/mol. The second-order valence-corrected chi connectivity index (χ2v) is 5.45. The number of aromatic nitrogens is 5. The number of aromatic amines is 1. The van der Waals surface area contributed by atoms with Crippen molar-refractivity contribution in [3.63, 3.8) is 0 Å². The first-order valence-electron chi connectivity index (χ1n) is 6.97. The summed E-state index contributed by atoms with van der Waals surface area (Å²) in [6.07, 6.45) is 0. The Labute approximate surface area is 118 Å². The summed E-state index contributed by atoms with van der Waals surface area (Å²) >= 11 is 0. The second-order valence-electron chi connectivity index (χ2n) is 5.45. The third kappa shape index (κ3) is 2.18. The van der Waals surface area contributed by atoms with Crippen molar-refractivity contribution in [1.82, 2.24) is 30.3 Å². The lowest BCUT2D eigenvalue weighted by Crippen LogP contribution is -2.49. The van der Waals surface area contributed by atoms with Crippen molar-refractivity contribution in [2.45, 2.75) is 26.8 Å². The molecule has 1 unspecified atom stereocenters. The lowest BCUT2D eigenvalue weighted by molar-refractivity contribution is 0.480. The van der Waals surface area contributed by atoms with Crippen LogP contribution in [0.2, 0.25) is 0 Å².